The third kappa shape index (κ3) is 4.17. The summed E-state index contributed by atoms with van der Waals surface area (Å²) in [5.74, 6) is 0.207. The Labute approximate surface area is 229 Å². The number of hydrogen-bond donors (Lipinski definition) is 2. The molecule has 10 nitrogen and oxygen atoms in total. The van der Waals surface area contributed by atoms with E-state index in [-0.39, 0.29) is 17.7 Å². The fraction of sp³-hybridized carbons (Fsp3) is 0.138. The Hall–Kier alpha value is -5.32. The smallest absolute Gasteiger partial charge is 0.322 e. The number of anilines is 4. The van der Waals surface area contributed by atoms with Crippen molar-refractivity contribution in [2.24, 2.45) is 0 Å². The van der Waals surface area contributed by atoms with Crippen LogP contribution in [0.1, 0.15) is 11.3 Å². The van der Waals surface area contributed by atoms with Crippen molar-refractivity contribution in [3.8, 4) is 22.9 Å². The van der Waals surface area contributed by atoms with Crippen LogP contribution in [0.5, 0.6) is 11.8 Å². The zero-order valence-electron chi connectivity index (χ0n) is 21.8. The molecule has 3 aromatic heterocycles. The van der Waals surface area contributed by atoms with E-state index in [0.29, 0.717) is 52.4 Å². The van der Waals surface area contributed by atoms with Crippen molar-refractivity contribution in [3.63, 3.8) is 0 Å². The lowest BCUT2D eigenvalue weighted by Gasteiger charge is -2.23. The molecule has 3 N–H and O–H groups in total. The van der Waals surface area contributed by atoms with Gasteiger partial charge in [-0.05, 0) is 61.4 Å². The van der Waals surface area contributed by atoms with Crippen LogP contribution in [0.15, 0.2) is 67.6 Å². The molecule has 200 valence electrons. The van der Waals surface area contributed by atoms with E-state index in [1.807, 2.05) is 25.1 Å². The van der Waals surface area contributed by atoms with Gasteiger partial charge in [-0.2, -0.15) is 0 Å². The summed E-state index contributed by atoms with van der Waals surface area (Å²) in [6.07, 6.45) is 4.21. The van der Waals surface area contributed by atoms with Crippen LogP contribution in [0.2, 0.25) is 0 Å². The lowest BCUT2D eigenvalue weighted by Crippen LogP contribution is -2.17. The van der Waals surface area contributed by atoms with Gasteiger partial charge in [0.1, 0.15) is 23.6 Å². The molecule has 1 aliphatic heterocycles. The monoisotopic (exact) mass is 536 g/mol. The van der Waals surface area contributed by atoms with Crippen LogP contribution in [0.3, 0.4) is 0 Å². The lowest BCUT2D eigenvalue weighted by molar-refractivity contribution is -0.111. The summed E-state index contributed by atoms with van der Waals surface area (Å²) in [4.78, 5) is 31.1. The Morgan fingerprint density at radius 1 is 1.15 bits per heavy atom. The summed E-state index contributed by atoms with van der Waals surface area (Å²) < 4.78 is 23.1. The molecule has 0 atom stereocenters. The Balaban J connectivity index is 1.49. The van der Waals surface area contributed by atoms with Crippen molar-refractivity contribution >= 4 is 40.0 Å². The SMILES string of the molecule is C=CC(=O)Nc1cccc(N2CCn3c2c(-c2ccc(Oc4nccc(C)n4)c(F)c2)c2c(N)ncnc23)c1C. The van der Waals surface area contributed by atoms with E-state index in [0.717, 1.165) is 17.1 Å². The second kappa shape index (κ2) is 9.77. The molecular formula is C29H25FN8O2. The highest BCUT2D eigenvalue weighted by atomic mass is 19.1. The summed E-state index contributed by atoms with van der Waals surface area (Å²) >= 11 is 0. The van der Waals surface area contributed by atoms with Gasteiger partial charge in [0.15, 0.2) is 11.6 Å². The van der Waals surface area contributed by atoms with Crippen molar-refractivity contribution in [1.29, 1.82) is 0 Å². The first kappa shape index (κ1) is 25.0. The lowest BCUT2D eigenvalue weighted by atomic mass is 10.0. The number of benzene rings is 2. The molecule has 6 rings (SSSR count). The van der Waals surface area contributed by atoms with Gasteiger partial charge >= 0.3 is 6.01 Å². The third-order valence-corrected chi connectivity index (χ3v) is 6.88. The number of aromatic nitrogens is 5. The Bertz CT molecular complexity index is 1820. The minimum atomic E-state index is -0.582. The predicted molar refractivity (Wildman–Crippen MR) is 151 cm³/mol. The van der Waals surface area contributed by atoms with E-state index >= 15 is 4.39 Å². The topological polar surface area (TPSA) is 124 Å². The van der Waals surface area contributed by atoms with Crippen LogP contribution < -0.4 is 20.7 Å². The number of hydrogen-bond acceptors (Lipinski definition) is 8. The maximum atomic E-state index is 15.5. The number of amides is 1. The number of carbonyl (C=O) groups excluding carboxylic acids is 1. The Morgan fingerprint density at radius 3 is 2.77 bits per heavy atom. The van der Waals surface area contributed by atoms with E-state index < -0.39 is 5.82 Å². The summed E-state index contributed by atoms with van der Waals surface area (Å²) in [5, 5.41) is 3.49. The number of rotatable bonds is 6. The number of aryl methyl sites for hydroxylation is 1. The van der Waals surface area contributed by atoms with Crippen LogP contribution in [-0.2, 0) is 11.3 Å². The quantitative estimate of drug-likeness (QED) is 0.280. The highest BCUT2D eigenvalue weighted by Gasteiger charge is 2.32. The van der Waals surface area contributed by atoms with Gasteiger partial charge < -0.3 is 25.3 Å². The van der Waals surface area contributed by atoms with E-state index in [9.17, 15) is 4.79 Å². The van der Waals surface area contributed by atoms with Gasteiger partial charge in [0.05, 0.1) is 5.39 Å². The molecule has 5 aromatic rings. The summed E-state index contributed by atoms with van der Waals surface area (Å²) in [6.45, 7) is 8.53. The van der Waals surface area contributed by atoms with Gasteiger partial charge in [0.2, 0.25) is 5.91 Å². The van der Waals surface area contributed by atoms with Crippen molar-refractivity contribution in [3.05, 3.63) is 84.7 Å². The van der Waals surface area contributed by atoms with Crippen LogP contribution in [0.4, 0.5) is 27.4 Å². The van der Waals surface area contributed by atoms with Crippen LogP contribution in [-0.4, -0.2) is 37.0 Å². The van der Waals surface area contributed by atoms with Gasteiger partial charge in [-0.3, -0.25) is 4.79 Å². The molecule has 0 saturated carbocycles. The molecule has 40 heavy (non-hydrogen) atoms. The molecule has 4 heterocycles. The summed E-state index contributed by atoms with van der Waals surface area (Å²) in [6, 6.07) is 12.2. The van der Waals surface area contributed by atoms with Gasteiger partial charge in [-0.1, -0.05) is 18.7 Å². The zero-order chi connectivity index (χ0) is 28.0. The molecule has 0 saturated heterocycles. The van der Waals surface area contributed by atoms with Crippen LogP contribution in [0, 0.1) is 19.7 Å². The average Bonchev–Trinajstić information content (AvgIpc) is 3.50. The number of nitrogen functional groups attached to an aromatic ring is 1. The van der Waals surface area contributed by atoms with E-state index in [1.54, 1.807) is 31.3 Å². The first-order valence-corrected chi connectivity index (χ1v) is 12.6. The normalized spacial score (nSPS) is 12.4. The molecule has 0 radical (unpaired) electrons. The highest BCUT2D eigenvalue weighted by molar-refractivity contribution is 6.08. The van der Waals surface area contributed by atoms with Crippen molar-refractivity contribution in [2.75, 3.05) is 22.5 Å². The zero-order valence-corrected chi connectivity index (χ0v) is 21.8. The van der Waals surface area contributed by atoms with Crippen LogP contribution >= 0.6 is 0 Å². The first-order chi connectivity index (χ1) is 19.4. The molecule has 0 fully saturated rings. The Morgan fingerprint density at radius 2 is 2.00 bits per heavy atom. The number of carbonyl (C=O) groups is 1. The van der Waals surface area contributed by atoms with Gasteiger partial charge in [0.25, 0.3) is 0 Å². The van der Waals surface area contributed by atoms with Crippen molar-refractivity contribution in [1.82, 2.24) is 24.5 Å². The molecule has 1 aliphatic rings. The number of ether oxygens (including phenoxy) is 1. The van der Waals surface area contributed by atoms with E-state index in [2.05, 4.69) is 41.3 Å². The highest BCUT2D eigenvalue weighted by Crippen LogP contribution is 2.48. The van der Waals surface area contributed by atoms with E-state index in [1.165, 1.54) is 18.5 Å². The largest absolute Gasteiger partial charge is 0.421 e. The van der Waals surface area contributed by atoms with Crippen LogP contribution in [0.25, 0.3) is 22.2 Å². The summed E-state index contributed by atoms with van der Waals surface area (Å²) in [7, 11) is 0. The van der Waals surface area contributed by atoms with Gasteiger partial charge in [0, 0.05) is 41.9 Å². The van der Waals surface area contributed by atoms with E-state index in [4.69, 9.17) is 10.5 Å². The predicted octanol–water partition coefficient (Wildman–Crippen LogP) is 5.29. The molecule has 2 aromatic carbocycles. The number of nitrogens with zero attached hydrogens (tertiary/aromatic N) is 6. The molecule has 0 bridgehead atoms. The minimum Gasteiger partial charge on any atom is -0.421 e. The van der Waals surface area contributed by atoms with Gasteiger partial charge in [-0.25, -0.2) is 24.3 Å². The molecule has 0 aliphatic carbocycles. The number of fused-ring (bicyclic) bond motifs is 3. The maximum Gasteiger partial charge on any atom is 0.322 e. The molecular weight excluding hydrogens is 511 g/mol. The van der Waals surface area contributed by atoms with Crippen molar-refractivity contribution < 1.29 is 13.9 Å². The molecule has 0 spiro atoms. The second-order valence-electron chi connectivity index (χ2n) is 9.33. The number of nitrogens with one attached hydrogen (secondary N) is 1. The average molecular weight is 537 g/mol. The van der Waals surface area contributed by atoms with Gasteiger partial charge in [-0.15, -0.1) is 0 Å². The maximum absolute atomic E-state index is 15.5. The number of nitrogens with two attached hydrogens (primary N) is 1. The fourth-order valence-corrected chi connectivity index (χ4v) is 5.03. The third-order valence-electron chi connectivity index (χ3n) is 6.88. The second-order valence-corrected chi connectivity index (χ2v) is 9.33. The molecule has 0 unspecified atom stereocenters. The summed E-state index contributed by atoms with van der Waals surface area (Å²) in [5.41, 5.74) is 11.4. The van der Waals surface area contributed by atoms with Crippen molar-refractivity contribution in [2.45, 2.75) is 20.4 Å². The molecule has 11 heteroatoms. The number of halogens is 1. The minimum absolute atomic E-state index is 0.00269. The molecule has 1 amide bonds. The fourth-order valence-electron chi connectivity index (χ4n) is 5.03. The Kier molecular flexibility index (Phi) is 6.10. The first-order valence-electron chi connectivity index (χ1n) is 12.6. The standard InChI is InChI=1S/C29H25FN8O2/c1-4-23(39)36-20-6-5-7-21(17(20)3)37-12-13-38-27-25(26(31)33-15-34-27)24(28(37)38)18-8-9-22(19(30)14-18)40-29-32-11-10-16(2)35-29/h4-11,14-15H,1,12-13H2,2-3H3,(H,36,39)(H2,31,33,34).